The van der Waals surface area contributed by atoms with E-state index in [1.807, 2.05) is 54.1 Å². The lowest BCUT2D eigenvalue weighted by atomic mass is 10.1. The quantitative estimate of drug-likeness (QED) is 0.291. The van der Waals surface area contributed by atoms with Crippen molar-refractivity contribution in [1.82, 2.24) is 9.99 Å². The molecule has 7 nitrogen and oxygen atoms in total. The summed E-state index contributed by atoms with van der Waals surface area (Å²) in [5, 5.41) is 5.11. The molecule has 7 heteroatoms. The van der Waals surface area contributed by atoms with Gasteiger partial charge >= 0.3 is 5.97 Å². The molecule has 0 radical (unpaired) electrons. The normalized spacial score (nSPS) is 11.2. The highest BCUT2D eigenvalue weighted by atomic mass is 16.5. The molecule has 1 N–H and O–H groups in total. The van der Waals surface area contributed by atoms with E-state index in [9.17, 15) is 9.59 Å². The molecule has 156 valence electrons. The second-order valence-electron chi connectivity index (χ2n) is 7.05. The third-order valence-electron chi connectivity index (χ3n) is 4.88. The smallest absolute Gasteiger partial charge is 0.373 e. The molecule has 0 atom stereocenters. The van der Waals surface area contributed by atoms with Crippen LogP contribution in [0.15, 0.2) is 76.4 Å². The van der Waals surface area contributed by atoms with Crippen LogP contribution < -0.4 is 5.43 Å². The summed E-state index contributed by atoms with van der Waals surface area (Å²) in [6.45, 7) is 2.40. The molecule has 0 aliphatic carbocycles. The number of furan rings is 1. The highest BCUT2D eigenvalue weighted by Crippen LogP contribution is 2.22. The maximum Gasteiger partial charge on any atom is 0.373 e. The molecule has 4 aromatic rings. The van der Waals surface area contributed by atoms with Gasteiger partial charge in [0.25, 0.3) is 5.91 Å². The van der Waals surface area contributed by atoms with E-state index in [1.54, 1.807) is 30.5 Å². The average molecular weight is 415 g/mol. The fraction of sp³-hybridized carbons (Fsp3) is 0.125. The zero-order chi connectivity index (χ0) is 21.8. The molecule has 2 heterocycles. The van der Waals surface area contributed by atoms with Crippen LogP contribution in [0.1, 0.15) is 37.8 Å². The third kappa shape index (κ3) is 4.40. The maximum atomic E-state index is 12.3. The molecular weight excluding hydrogens is 394 g/mol. The number of hydrogen-bond acceptors (Lipinski definition) is 5. The number of fused-ring (bicyclic) bond motifs is 1. The molecule has 0 aliphatic heterocycles. The van der Waals surface area contributed by atoms with Crippen molar-refractivity contribution >= 4 is 29.0 Å². The lowest BCUT2D eigenvalue weighted by molar-refractivity contribution is 0.0562. The van der Waals surface area contributed by atoms with Crippen molar-refractivity contribution in [2.24, 2.45) is 5.10 Å². The number of nitrogens with one attached hydrogen (secondary N) is 1. The standard InChI is InChI=1S/C24H21N3O4/c1-16-7-9-17(10-8-16)23(28)26-25-13-18-14-27(21-6-4-3-5-20(18)21)15-19-11-12-22(31-19)24(29)30-2/h3-14H,15H2,1-2H3,(H,26,28)/b25-13-. The number of amides is 1. The van der Waals surface area contributed by atoms with Gasteiger partial charge in [-0.05, 0) is 37.3 Å². The number of aromatic nitrogens is 1. The zero-order valence-electron chi connectivity index (χ0n) is 17.2. The fourth-order valence-corrected chi connectivity index (χ4v) is 3.28. The van der Waals surface area contributed by atoms with E-state index in [2.05, 4.69) is 15.3 Å². The van der Waals surface area contributed by atoms with Crippen LogP contribution in [-0.4, -0.2) is 29.8 Å². The number of methoxy groups -OCH3 is 1. The van der Waals surface area contributed by atoms with Gasteiger partial charge in [-0.3, -0.25) is 4.79 Å². The van der Waals surface area contributed by atoms with Gasteiger partial charge in [0.1, 0.15) is 5.76 Å². The van der Waals surface area contributed by atoms with Crippen LogP contribution in [0.25, 0.3) is 10.9 Å². The minimum Gasteiger partial charge on any atom is -0.463 e. The molecule has 31 heavy (non-hydrogen) atoms. The number of aryl methyl sites for hydroxylation is 1. The number of para-hydroxylation sites is 1. The SMILES string of the molecule is COC(=O)c1ccc(Cn2cc(/C=N\NC(=O)c3ccc(C)cc3)c3ccccc32)o1. The second-order valence-corrected chi connectivity index (χ2v) is 7.05. The summed E-state index contributed by atoms with van der Waals surface area (Å²) in [5.41, 5.74) is 6.02. The number of benzene rings is 2. The van der Waals surface area contributed by atoms with Gasteiger partial charge in [0.15, 0.2) is 0 Å². The molecule has 0 unspecified atom stereocenters. The number of ether oxygens (including phenoxy) is 1. The Hall–Kier alpha value is -4.13. The molecule has 0 bridgehead atoms. The van der Waals surface area contributed by atoms with Gasteiger partial charge < -0.3 is 13.7 Å². The van der Waals surface area contributed by atoms with E-state index < -0.39 is 5.97 Å². The van der Waals surface area contributed by atoms with E-state index in [-0.39, 0.29) is 11.7 Å². The fourth-order valence-electron chi connectivity index (χ4n) is 3.28. The van der Waals surface area contributed by atoms with E-state index >= 15 is 0 Å². The molecule has 0 saturated carbocycles. The van der Waals surface area contributed by atoms with Gasteiger partial charge in [0.05, 0.1) is 19.9 Å². The molecular formula is C24H21N3O4. The molecule has 2 aromatic carbocycles. The summed E-state index contributed by atoms with van der Waals surface area (Å²) < 4.78 is 12.3. The van der Waals surface area contributed by atoms with Crippen molar-refractivity contribution in [2.45, 2.75) is 13.5 Å². The zero-order valence-corrected chi connectivity index (χ0v) is 17.2. The largest absolute Gasteiger partial charge is 0.463 e. The van der Waals surface area contributed by atoms with Crippen molar-refractivity contribution in [3.8, 4) is 0 Å². The molecule has 1 amide bonds. The Bertz CT molecular complexity index is 1270. The van der Waals surface area contributed by atoms with Crippen LogP contribution in [0.4, 0.5) is 0 Å². The summed E-state index contributed by atoms with van der Waals surface area (Å²) in [5.74, 6) is -0.00134. The number of hydrazone groups is 1. The Morgan fingerprint density at radius 1 is 1.10 bits per heavy atom. The maximum absolute atomic E-state index is 12.3. The molecule has 0 aliphatic rings. The lowest BCUT2D eigenvalue weighted by Gasteiger charge is -2.02. The van der Waals surface area contributed by atoms with E-state index in [0.717, 1.165) is 22.0 Å². The predicted octanol–water partition coefficient (Wildman–Crippen LogP) is 4.14. The molecule has 0 fully saturated rings. The Balaban J connectivity index is 1.54. The summed E-state index contributed by atoms with van der Waals surface area (Å²) in [7, 11) is 1.31. The van der Waals surface area contributed by atoms with Crippen molar-refractivity contribution < 1.29 is 18.7 Å². The van der Waals surface area contributed by atoms with Crippen molar-refractivity contribution in [3.05, 3.63) is 95.1 Å². The number of carbonyl (C=O) groups is 2. The number of rotatable bonds is 6. The third-order valence-corrected chi connectivity index (χ3v) is 4.88. The first kappa shape index (κ1) is 20.2. The first-order valence-electron chi connectivity index (χ1n) is 9.70. The first-order chi connectivity index (χ1) is 15.0. The van der Waals surface area contributed by atoms with Crippen molar-refractivity contribution in [2.75, 3.05) is 7.11 Å². The Kier molecular flexibility index (Phi) is 5.66. The Labute approximate surface area is 178 Å². The van der Waals surface area contributed by atoms with Gasteiger partial charge in [-0.1, -0.05) is 35.9 Å². The van der Waals surface area contributed by atoms with Gasteiger partial charge in [-0.2, -0.15) is 5.10 Å². The van der Waals surface area contributed by atoms with E-state index in [0.29, 0.717) is 17.9 Å². The molecule has 4 rings (SSSR count). The Morgan fingerprint density at radius 2 is 1.87 bits per heavy atom. The van der Waals surface area contributed by atoms with Gasteiger partial charge in [0, 0.05) is 28.2 Å². The minimum atomic E-state index is -0.513. The van der Waals surface area contributed by atoms with Crippen LogP contribution in [-0.2, 0) is 11.3 Å². The topological polar surface area (TPSA) is 85.8 Å². The molecule has 2 aromatic heterocycles. The predicted molar refractivity (Wildman–Crippen MR) is 117 cm³/mol. The van der Waals surface area contributed by atoms with Crippen molar-refractivity contribution in [1.29, 1.82) is 0 Å². The van der Waals surface area contributed by atoms with E-state index in [4.69, 9.17) is 4.42 Å². The van der Waals surface area contributed by atoms with E-state index in [1.165, 1.54) is 7.11 Å². The van der Waals surface area contributed by atoms with Crippen LogP contribution in [0, 0.1) is 6.92 Å². The number of nitrogens with zero attached hydrogens (tertiary/aromatic N) is 2. The van der Waals surface area contributed by atoms with Crippen LogP contribution in [0.5, 0.6) is 0 Å². The molecule has 0 saturated heterocycles. The van der Waals surface area contributed by atoms with Crippen molar-refractivity contribution in [3.63, 3.8) is 0 Å². The van der Waals surface area contributed by atoms with Crippen LogP contribution >= 0.6 is 0 Å². The number of carbonyl (C=O) groups excluding carboxylic acids is 2. The monoisotopic (exact) mass is 415 g/mol. The van der Waals surface area contributed by atoms with Gasteiger partial charge in [0.2, 0.25) is 5.76 Å². The molecule has 0 spiro atoms. The second kappa shape index (κ2) is 8.71. The Morgan fingerprint density at radius 3 is 2.65 bits per heavy atom. The first-order valence-corrected chi connectivity index (χ1v) is 9.70. The average Bonchev–Trinajstić information content (AvgIpc) is 3.39. The van der Waals surface area contributed by atoms with Gasteiger partial charge in [-0.25, -0.2) is 10.2 Å². The number of esters is 1. The summed E-state index contributed by atoms with van der Waals surface area (Å²) in [4.78, 5) is 23.9. The summed E-state index contributed by atoms with van der Waals surface area (Å²) >= 11 is 0. The highest BCUT2D eigenvalue weighted by molar-refractivity contribution is 6.00. The number of hydrogen-bond donors (Lipinski definition) is 1. The summed E-state index contributed by atoms with van der Waals surface area (Å²) in [6, 6.07) is 18.5. The summed E-state index contributed by atoms with van der Waals surface area (Å²) in [6.07, 6.45) is 3.54. The highest BCUT2D eigenvalue weighted by Gasteiger charge is 2.13. The van der Waals surface area contributed by atoms with Crippen LogP contribution in [0.2, 0.25) is 0 Å². The lowest BCUT2D eigenvalue weighted by Crippen LogP contribution is -2.17. The van der Waals surface area contributed by atoms with Gasteiger partial charge in [-0.15, -0.1) is 0 Å². The minimum absolute atomic E-state index is 0.162. The van der Waals surface area contributed by atoms with Crippen LogP contribution in [0.3, 0.4) is 0 Å².